The van der Waals surface area contributed by atoms with Crippen molar-refractivity contribution >= 4 is 54.9 Å². The summed E-state index contributed by atoms with van der Waals surface area (Å²) in [5, 5.41) is 2.89. The predicted molar refractivity (Wildman–Crippen MR) is 156 cm³/mol. The van der Waals surface area contributed by atoms with E-state index in [4.69, 9.17) is 16.3 Å². The van der Waals surface area contributed by atoms with Crippen LogP contribution in [-0.4, -0.2) is 46.4 Å². The Hall–Kier alpha value is -4.20. The number of hydrogen-bond donors (Lipinski definition) is 2. The van der Waals surface area contributed by atoms with Gasteiger partial charge in [0.15, 0.2) is 0 Å². The lowest BCUT2D eigenvalue weighted by Crippen LogP contribution is -2.38. The number of sulfonamides is 2. The Morgan fingerprint density at radius 3 is 2.07 bits per heavy atom. The molecule has 0 saturated heterocycles. The predicted octanol–water partition coefficient (Wildman–Crippen LogP) is 4.39. The zero-order valence-corrected chi connectivity index (χ0v) is 24.6. The van der Waals surface area contributed by atoms with E-state index in [-0.39, 0.29) is 32.1 Å². The summed E-state index contributed by atoms with van der Waals surface area (Å²) in [6.45, 7) is 2.86. The number of carbonyl (C=O) groups is 1. The van der Waals surface area contributed by atoms with E-state index in [9.17, 15) is 21.6 Å². The fourth-order valence-corrected chi connectivity index (χ4v) is 6.36. The van der Waals surface area contributed by atoms with Gasteiger partial charge in [0.2, 0.25) is 11.9 Å². The van der Waals surface area contributed by atoms with E-state index in [1.165, 1.54) is 67.8 Å². The van der Waals surface area contributed by atoms with Crippen LogP contribution < -0.4 is 19.1 Å². The van der Waals surface area contributed by atoms with Crippen molar-refractivity contribution in [1.29, 1.82) is 0 Å². The number of halogens is 1. The van der Waals surface area contributed by atoms with Gasteiger partial charge in [-0.2, -0.15) is 0 Å². The molecule has 1 amide bonds. The fourth-order valence-electron chi connectivity index (χ4n) is 3.82. The summed E-state index contributed by atoms with van der Waals surface area (Å²) in [4.78, 5) is 21.1. The Balaban J connectivity index is 1.53. The molecule has 1 heterocycles. The SMILES string of the molecule is COc1ccc(S(=O)(=O)N(CC(=O)Nc2ccc(S(=O)(=O)Nc3nc(C)cc(C)n3)cc2)c2cccc(Cl)c2)cc1. The van der Waals surface area contributed by atoms with Gasteiger partial charge >= 0.3 is 0 Å². The van der Waals surface area contributed by atoms with E-state index in [2.05, 4.69) is 20.0 Å². The second-order valence-electron chi connectivity index (χ2n) is 8.82. The van der Waals surface area contributed by atoms with Crippen LogP contribution in [0.3, 0.4) is 0 Å². The van der Waals surface area contributed by atoms with Gasteiger partial charge < -0.3 is 10.1 Å². The maximum Gasteiger partial charge on any atom is 0.264 e. The molecule has 2 N–H and O–H groups in total. The van der Waals surface area contributed by atoms with Crippen LogP contribution in [0.15, 0.2) is 88.7 Å². The summed E-state index contributed by atoms with van der Waals surface area (Å²) >= 11 is 6.11. The third-order valence-corrected chi connectivity index (χ3v) is 9.05. The zero-order valence-electron chi connectivity index (χ0n) is 22.2. The lowest BCUT2D eigenvalue weighted by Gasteiger charge is -2.24. The molecule has 4 rings (SSSR count). The van der Waals surface area contributed by atoms with Gasteiger partial charge in [-0.15, -0.1) is 0 Å². The molecule has 214 valence electrons. The first-order valence-corrected chi connectivity index (χ1v) is 15.3. The van der Waals surface area contributed by atoms with Crippen LogP contribution in [0.25, 0.3) is 0 Å². The number of aromatic nitrogens is 2. The molecular weight excluding hydrogens is 590 g/mol. The lowest BCUT2D eigenvalue weighted by molar-refractivity contribution is -0.114. The first-order chi connectivity index (χ1) is 19.4. The van der Waals surface area contributed by atoms with Crippen LogP contribution >= 0.6 is 11.6 Å². The van der Waals surface area contributed by atoms with Crippen LogP contribution in [-0.2, 0) is 24.8 Å². The number of methoxy groups -OCH3 is 1. The first-order valence-electron chi connectivity index (χ1n) is 12.0. The van der Waals surface area contributed by atoms with Crippen LogP contribution in [0.1, 0.15) is 11.4 Å². The summed E-state index contributed by atoms with van der Waals surface area (Å²) in [6.07, 6.45) is 0. The van der Waals surface area contributed by atoms with Crippen molar-refractivity contribution in [1.82, 2.24) is 9.97 Å². The summed E-state index contributed by atoms with van der Waals surface area (Å²) in [5.41, 5.74) is 1.65. The lowest BCUT2D eigenvalue weighted by atomic mass is 10.3. The van der Waals surface area contributed by atoms with Gasteiger partial charge in [-0.25, -0.2) is 31.5 Å². The van der Waals surface area contributed by atoms with Crippen molar-refractivity contribution in [3.63, 3.8) is 0 Å². The average molecular weight is 616 g/mol. The van der Waals surface area contributed by atoms with Crippen LogP contribution in [0.4, 0.5) is 17.3 Å². The molecule has 0 atom stereocenters. The molecule has 0 unspecified atom stereocenters. The van der Waals surface area contributed by atoms with Gasteiger partial charge in [0.05, 0.1) is 22.6 Å². The molecule has 41 heavy (non-hydrogen) atoms. The number of carbonyl (C=O) groups excluding carboxylic acids is 1. The Labute approximate surface area is 243 Å². The Kier molecular flexibility index (Phi) is 8.80. The number of amides is 1. The molecule has 0 spiro atoms. The third kappa shape index (κ3) is 7.31. The fraction of sp³-hybridized carbons (Fsp3) is 0.148. The molecule has 0 aliphatic heterocycles. The number of ether oxygens (including phenoxy) is 1. The minimum absolute atomic E-state index is 0.0547. The number of benzene rings is 3. The zero-order chi connectivity index (χ0) is 29.8. The maximum atomic E-state index is 13.6. The summed E-state index contributed by atoms with van der Waals surface area (Å²) in [6, 6.07) is 18.9. The van der Waals surface area contributed by atoms with Gasteiger partial charge in [-0.3, -0.25) is 9.10 Å². The van der Waals surface area contributed by atoms with Gasteiger partial charge in [-0.05, 0) is 86.6 Å². The number of nitrogens with one attached hydrogen (secondary N) is 2. The van der Waals surface area contributed by atoms with Crippen molar-refractivity contribution < 1.29 is 26.4 Å². The van der Waals surface area contributed by atoms with Gasteiger partial charge in [-0.1, -0.05) is 17.7 Å². The summed E-state index contributed by atoms with van der Waals surface area (Å²) < 4.78 is 61.1. The summed E-state index contributed by atoms with van der Waals surface area (Å²) in [7, 11) is -6.73. The molecule has 0 bridgehead atoms. The summed E-state index contributed by atoms with van der Waals surface area (Å²) in [5.74, 6) is -0.253. The first kappa shape index (κ1) is 29.8. The Morgan fingerprint density at radius 2 is 1.49 bits per heavy atom. The van der Waals surface area contributed by atoms with Gasteiger partial charge in [0, 0.05) is 22.1 Å². The molecule has 0 aliphatic rings. The van der Waals surface area contributed by atoms with Crippen molar-refractivity contribution in [3.05, 3.63) is 95.3 Å². The molecule has 1 aromatic heterocycles. The minimum atomic E-state index is -4.19. The van der Waals surface area contributed by atoms with E-state index < -0.39 is 32.5 Å². The molecule has 3 aromatic carbocycles. The van der Waals surface area contributed by atoms with Crippen LogP contribution in [0.5, 0.6) is 5.75 Å². The third-order valence-electron chi connectivity index (χ3n) is 5.69. The van der Waals surface area contributed by atoms with E-state index in [0.717, 1.165) is 4.31 Å². The van der Waals surface area contributed by atoms with Crippen LogP contribution in [0.2, 0.25) is 5.02 Å². The number of hydrogen-bond acceptors (Lipinski definition) is 8. The second kappa shape index (κ2) is 12.1. The number of nitrogens with zero attached hydrogens (tertiary/aromatic N) is 3. The quantitative estimate of drug-likeness (QED) is 0.267. The highest BCUT2D eigenvalue weighted by molar-refractivity contribution is 7.93. The van der Waals surface area contributed by atoms with E-state index in [1.807, 2.05) is 0 Å². The molecular formula is C27H26ClN5O6S2. The number of rotatable bonds is 10. The molecule has 4 aromatic rings. The highest BCUT2D eigenvalue weighted by atomic mass is 35.5. The smallest absolute Gasteiger partial charge is 0.264 e. The molecule has 0 saturated carbocycles. The standard InChI is InChI=1S/C27H26ClN5O6S2/c1-18-15-19(2)30-27(29-18)32-40(35,36)24-11-7-21(8-12-24)31-26(34)17-33(22-6-4-5-20(28)16-22)41(37,38)25-13-9-23(39-3)10-14-25/h4-16H,17H2,1-3H3,(H,31,34)(H,29,30,32). The topological polar surface area (TPSA) is 148 Å². The van der Waals surface area contributed by atoms with Gasteiger partial charge in [0.25, 0.3) is 20.0 Å². The monoisotopic (exact) mass is 615 g/mol. The number of anilines is 3. The molecule has 14 heteroatoms. The van der Waals surface area contributed by atoms with Crippen molar-refractivity contribution in [3.8, 4) is 5.75 Å². The Bertz CT molecular complexity index is 1760. The van der Waals surface area contributed by atoms with E-state index in [1.54, 1.807) is 32.0 Å². The molecule has 0 radical (unpaired) electrons. The number of aryl methyl sites for hydroxylation is 2. The van der Waals surface area contributed by atoms with Crippen molar-refractivity contribution in [2.75, 3.05) is 28.0 Å². The maximum absolute atomic E-state index is 13.6. The van der Waals surface area contributed by atoms with Crippen molar-refractivity contribution in [2.24, 2.45) is 0 Å². The normalized spacial score (nSPS) is 11.5. The minimum Gasteiger partial charge on any atom is -0.497 e. The largest absolute Gasteiger partial charge is 0.497 e. The Morgan fingerprint density at radius 1 is 0.878 bits per heavy atom. The van der Waals surface area contributed by atoms with Crippen LogP contribution in [0, 0.1) is 13.8 Å². The molecule has 0 aliphatic carbocycles. The van der Waals surface area contributed by atoms with E-state index >= 15 is 0 Å². The highest BCUT2D eigenvalue weighted by Gasteiger charge is 2.28. The molecule has 11 nitrogen and oxygen atoms in total. The molecule has 0 fully saturated rings. The van der Waals surface area contributed by atoms with Crippen molar-refractivity contribution in [2.45, 2.75) is 23.6 Å². The average Bonchev–Trinajstić information content (AvgIpc) is 2.91. The van der Waals surface area contributed by atoms with Gasteiger partial charge in [0.1, 0.15) is 12.3 Å². The second-order valence-corrected chi connectivity index (χ2v) is 12.8. The van der Waals surface area contributed by atoms with E-state index in [0.29, 0.717) is 17.1 Å². The highest BCUT2D eigenvalue weighted by Crippen LogP contribution is 2.27.